The van der Waals surface area contributed by atoms with Gasteiger partial charge in [0.2, 0.25) is 0 Å². The van der Waals surface area contributed by atoms with E-state index in [0.717, 1.165) is 9.35 Å². The van der Waals surface area contributed by atoms with Crippen molar-refractivity contribution in [2.75, 3.05) is 6.54 Å². The predicted octanol–water partition coefficient (Wildman–Crippen LogP) is 2.72. The highest BCUT2D eigenvalue weighted by Crippen LogP contribution is 2.19. The summed E-state index contributed by atoms with van der Waals surface area (Å²) < 4.78 is 1.03. The van der Waals surface area contributed by atoms with Crippen LogP contribution in [-0.2, 0) is 6.54 Å². The molecule has 3 N–H and O–H groups in total. The van der Waals surface area contributed by atoms with Gasteiger partial charge in [0.25, 0.3) is 0 Å². The van der Waals surface area contributed by atoms with E-state index in [4.69, 9.17) is 0 Å². The molecule has 2 amide bonds. The van der Waals surface area contributed by atoms with Gasteiger partial charge in [-0.25, -0.2) is 4.79 Å². The van der Waals surface area contributed by atoms with Gasteiger partial charge in [0.05, 0.1) is 12.6 Å². The molecule has 1 rings (SSSR count). The summed E-state index contributed by atoms with van der Waals surface area (Å²) in [6, 6.07) is 1.78. The van der Waals surface area contributed by atoms with E-state index in [2.05, 4.69) is 26.6 Å². The average Bonchev–Trinajstić information content (AvgIpc) is 2.72. The van der Waals surface area contributed by atoms with Crippen molar-refractivity contribution >= 4 is 33.3 Å². The van der Waals surface area contributed by atoms with Crippen LogP contribution in [0.4, 0.5) is 4.79 Å². The summed E-state index contributed by atoms with van der Waals surface area (Å²) in [6.07, 6.45) is 0.217. The Labute approximate surface area is 120 Å². The number of hydrogen-bond acceptors (Lipinski definition) is 3. The highest BCUT2D eigenvalue weighted by Gasteiger charge is 2.09. The minimum Gasteiger partial charge on any atom is -0.393 e. The zero-order valence-corrected chi connectivity index (χ0v) is 13.0. The normalized spacial score (nSPS) is 12.5. The Balaban J connectivity index is 2.14. The van der Waals surface area contributed by atoms with Gasteiger partial charge in [-0.15, -0.1) is 11.3 Å². The van der Waals surface area contributed by atoms with Gasteiger partial charge in [-0.3, -0.25) is 0 Å². The maximum Gasteiger partial charge on any atom is 0.315 e. The molecular formula is C12H19BrN2O2S. The van der Waals surface area contributed by atoms with Crippen LogP contribution in [0.3, 0.4) is 0 Å². The van der Waals surface area contributed by atoms with Crippen LogP contribution in [0.5, 0.6) is 0 Å². The van der Waals surface area contributed by atoms with Crippen LogP contribution in [-0.4, -0.2) is 23.8 Å². The van der Waals surface area contributed by atoms with E-state index in [1.807, 2.05) is 25.3 Å². The average molecular weight is 335 g/mol. The van der Waals surface area contributed by atoms with Crippen LogP contribution >= 0.6 is 27.3 Å². The first kappa shape index (κ1) is 15.5. The van der Waals surface area contributed by atoms with Crippen molar-refractivity contribution < 1.29 is 9.90 Å². The topological polar surface area (TPSA) is 61.4 Å². The molecule has 0 aromatic carbocycles. The maximum absolute atomic E-state index is 11.5. The lowest BCUT2D eigenvalue weighted by molar-refractivity contribution is 0.116. The smallest absolute Gasteiger partial charge is 0.315 e. The van der Waals surface area contributed by atoms with Gasteiger partial charge in [-0.2, -0.15) is 0 Å². The summed E-state index contributed by atoms with van der Waals surface area (Å²) in [5.41, 5.74) is 0. The van der Waals surface area contributed by atoms with E-state index in [1.165, 1.54) is 0 Å². The van der Waals surface area contributed by atoms with E-state index < -0.39 is 0 Å². The molecule has 1 aromatic heterocycles. The van der Waals surface area contributed by atoms with Gasteiger partial charge >= 0.3 is 6.03 Å². The number of carbonyl (C=O) groups is 1. The van der Waals surface area contributed by atoms with Crippen molar-refractivity contribution in [2.45, 2.75) is 32.9 Å². The number of amides is 2. The number of aliphatic hydroxyl groups is 1. The fraction of sp³-hybridized carbons (Fsp3) is 0.583. The third kappa shape index (κ3) is 5.84. The van der Waals surface area contributed by atoms with Crippen LogP contribution in [0.1, 0.15) is 25.1 Å². The van der Waals surface area contributed by atoms with Crippen LogP contribution in [0.25, 0.3) is 0 Å². The molecule has 0 spiro atoms. The second-order valence-corrected chi connectivity index (χ2v) is 6.35. The lowest BCUT2D eigenvalue weighted by Crippen LogP contribution is -2.36. The third-order valence-corrected chi connectivity index (χ3v) is 4.24. The van der Waals surface area contributed by atoms with Gasteiger partial charge in [-0.05, 0) is 34.3 Å². The molecule has 1 aromatic rings. The van der Waals surface area contributed by atoms with Crippen molar-refractivity contribution in [1.29, 1.82) is 0 Å². The van der Waals surface area contributed by atoms with Crippen LogP contribution in [0.2, 0.25) is 0 Å². The molecule has 1 heterocycles. The van der Waals surface area contributed by atoms with Crippen LogP contribution in [0, 0.1) is 5.92 Å². The molecule has 0 saturated carbocycles. The fourth-order valence-electron chi connectivity index (χ4n) is 1.34. The van der Waals surface area contributed by atoms with E-state index in [0.29, 0.717) is 19.5 Å². The minimum absolute atomic E-state index is 0.199. The Morgan fingerprint density at radius 3 is 2.78 bits per heavy atom. The molecule has 0 saturated heterocycles. The highest BCUT2D eigenvalue weighted by atomic mass is 79.9. The van der Waals surface area contributed by atoms with Gasteiger partial charge in [0.1, 0.15) is 0 Å². The molecule has 6 heteroatoms. The maximum atomic E-state index is 11.5. The molecule has 0 aliphatic rings. The van der Waals surface area contributed by atoms with E-state index in [1.54, 1.807) is 11.3 Å². The van der Waals surface area contributed by atoms with Crippen molar-refractivity contribution in [3.63, 3.8) is 0 Å². The third-order valence-electron chi connectivity index (χ3n) is 2.54. The first-order chi connectivity index (χ1) is 8.49. The zero-order valence-electron chi connectivity index (χ0n) is 10.6. The highest BCUT2D eigenvalue weighted by molar-refractivity contribution is 9.10. The largest absolute Gasteiger partial charge is 0.393 e. The number of carbonyl (C=O) groups excluding carboxylic acids is 1. The van der Waals surface area contributed by atoms with Gasteiger partial charge in [0.15, 0.2) is 0 Å². The molecule has 4 nitrogen and oxygen atoms in total. The molecule has 0 radical (unpaired) electrons. The Kier molecular flexibility index (Phi) is 6.67. The number of hydrogen-bond donors (Lipinski definition) is 3. The lowest BCUT2D eigenvalue weighted by Gasteiger charge is -2.14. The molecule has 0 aliphatic carbocycles. The second kappa shape index (κ2) is 7.76. The Morgan fingerprint density at radius 2 is 2.22 bits per heavy atom. The zero-order chi connectivity index (χ0) is 13.5. The number of nitrogens with one attached hydrogen (secondary N) is 2. The standard InChI is InChI=1S/C12H19BrN2O2S/c1-8(2)11(16)3-4-14-12(17)15-6-10-5-9(13)7-18-10/h5,7-8,11,16H,3-4,6H2,1-2H3,(H2,14,15,17). The van der Waals surface area contributed by atoms with E-state index >= 15 is 0 Å². The summed E-state index contributed by atoms with van der Waals surface area (Å²) in [5.74, 6) is 0.221. The lowest BCUT2D eigenvalue weighted by atomic mass is 10.0. The summed E-state index contributed by atoms with van der Waals surface area (Å²) >= 11 is 4.96. The molecule has 1 atom stereocenters. The molecule has 0 bridgehead atoms. The van der Waals surface area contributed by atoms with Crippen LogP contribution < -0.4 is 10.6 Å². The van der Waals surface area contributed by atoms with Gasteiger partial charge in [-0.1, -0.05) is 13.8 Å². The van der Waals surface area contributed by atoms with Gasteiger partial charge < -0.3 is 15.7 Å². The van der Waals surface area contributed by atoms with E-state index in [9.17, 15) is 9.90 Å². The number of rotatable bonds is 6. The summed E-state index contributed by atoms with van der Waals surface area (Å²) in [7, 11) is 0. The van der Waals surface area contributed by atoms with Crippen LogP contribution in [0.15, 0.2) is 15.9 Å². The first-order valence-electron chi connectivity index (χ1n) is 5.91. The van der Waals surface area contributed by atoms with Crippen molar-refractivity contribution in [3.05, 3.63) is 20.8 Å². The number of urea groups is 1. The number of thiophene rings is 1. The molecule has 0 aliphatic heterocycles. The Morgan fingerprint density at radius 1 is 1.50 bits per heavy atom. The summed E-state index contributed by atoms with van der Waals surface area (Å²) in [5, 5.41) is 17.1. The minimum atomic E-state index is -0.362. The van der Waals surface area contributed by atoms with Gasteiger partial charge in [0, 0.05) is 21.3 Å². The summed E-state index contributed by atoms with van der Waals surface area (Å²) in [6.45, 7) is 4.92. The van der Waals surface area contributed by atoms with Crippen molar-refractivity contribution in [2.24, 2.45) is 5.92 Å². The molecule has 102 valence electrons. The van der Waals surface area contributed by atoms with E-state index in [-0.39, 0.29) is 18.1 Å². The Hall–Kier alpha value is -0.590. The molecule has 1 unspecified atom stereocenters. The Bertz CT molecular complexity index is 382. The number of aliphatic hydroxyl groups excluding tert-OH is 1. The SMILES string of the molecule is CC(C)C(O)CCNC(=O)NCc1cc(Br)cs1. The van der Waals surface area contributed by atoms with Crippen molar-refractivity contribution in [1.82, 2.24) is 10.6 Å². The van der Waals surface area contributed by atoms with Crippen molar-refractivity contribution in [3.8, 4) is 0 Å². The monoisotopic (exact) mass is 334 g/mol. The fourth-order valence-corrected chi connectivity index (χ4v) is 2.73. The molecule has 18 heavy (non-hydrogen) atoms. The first-order valence-corrected chi connectivity index (χ1v) is 7.59. The molecular weight excluding hydrogens is 316 g/mol. The predicted molar refractivity (Wildman–Crippen MR) is 77.7 cm³/mol. The summed E-state index contributed by atoms with van der Waals surface area (Å²) in [4.78, 5) is 12.6. The molecule has 0 fully saturated rings. The number of halogens is 1. The second-order valence-electron chi connectivity index (χ2n) is 4.44. The quantitative estimate of drug-likeness (QED) is 0.749.